The van der Waals surface area contributed by atoms with Gasteiger partial charge in [0.25, 0.3) is 11.8 Å². The highest BCUT2D eigenvalue weighted by Gasteiger charge is 2.54. The molecule has 4 atom stereocenters. The molecule has 2 aromatic heterocycles. The number of hydrogen-bond donors (Lipinski definition) is 5. The maximum atomic E-state index is 15.3. The summed E-state index contributed by atoms with van der Waals surface area (Å²) in [5.41, 5.74) is 3.76. The number of halogens is 2. The van der Waals surface area contributed by atoms with Gasteiger partial charge in [0, 0.05) is 63.0 Å². The molecule has 72 heavy (non-hydrogen) atoms. The molecule has 0 radical (unpaired) electrons. The lowest BCUT2D eigenvalue weighted by Gasteiger charge is -2.40. The highest BCUT2D eigenvalue weighted by Crippen LogP contribution is 2.45. The van der Waals surface area contributed by atoms with Crippen LogP contribution in [0.3, 0.4) is 0 Å². The third-order valence-corrected chi connectivity index (χ3v) is 17.1. The molecule has 20 heteroatoms. The zero-order chi connectivity index (χ0) is 51.5. The Kier molecular flexibility index (Phi) is 16.5. The van der Waals surface area contributed by atoms with E-state index in [1.54, 1.807) is 43.7 Å². The minimum absolute atomic E-state index is 0.0311. The van der Waals surface area contributed by atoms with Crippen LogP contribution in [-0.4, -0.2) is 140 Å². The fourth-order valence-electron chi connectivity index (χ4n) is 9.98. The van der Waals surface area contributed by atoms with Crippen molar-refractivity contribution in [3.05, 3.63) is 87.5 Å². The number of alkyl halides is 1. The van der Waals surface area contributed by atoms with E-state index in [4.69, 9.17) is 16.3 Å². The Bertz CT molecular complexity index is 2640. The van der Waals surface area contributed by atoms with Crippen molar-refractivity contribution < 1.29 is 33.4 Å². The first-order chi connectivity index (χ1) is 34.4. The number of anilines is 3. The predicted molar refractivity (Wildman–Crippen MR) is 281 cm³/mol. The first-order valence-corrected chi connectivity index (χ1v) is 26.8. The minimum Gasteiger partial charge on any atom is -0.495 e. The van der Waals surface area contributed by atoms with E-state index in [2.05, 4.69) is 47.7 Å². The Morgan fingerprint density at radius 3 is 2.39 bits per heavy atom. The fourth-order valence-corrected chi connectivity index (χ4v) is 12.3. The van der Waals surface area contributed by atoms with Gasteiger partial charge in [0.2, 0.25) is 17.8 Å². The van der Waals surface area contributed by atoms with Gasteiger partial charge in [-0.2, -0.15) is 4.98 Å². The zero-order valence-corrected chi connectivity index (χ0v) is 44.2. The van der Waals surface area contributed by atoms with Crippen LogP contribution < -0.4 is 26.0 Å². The second-order valence-corrected chi connectivity index (χ2v) is 23.1. The number of methoxy groups -OCH3 is 1. The number of benzene rings is 2. The number of ether oxygens (including phenoxy) is 1. The van der Waals surface area contributed by atoms with Gasteiger partial charge in [-0.05, 0) is 112 Å². The van der Waals surface area contributed by atoms with Gasteiger partial charge in [0.15, 0.2) is 5.67 Å². The fraction of sp³-hybridized carbons (Fsp3) is 0.519. The minimum atomic E-state index is -2.03. The molecule has 4 amide bonds. The van der Waals surface area contributed by atoms with Gasteiger partial charge in [0.1, 0.15) is 28.7 Å². The van der Waals surface area contributed by atoms with Crippen LogP contribution in [0, 0.1) is 18.8 Å². The first kappa shape index (κ1) is 53.0. The monoisotopic (exact) mass is 1040 g/mol. The average molecular weight is 1050 g/mol. The second-order valence-electron chi connectivity index (χ2n) is 20.0. The van der Waals surface area contributed by atoms with Gasteiger partial charge in [-0.25, -0.2) is 14.4 Å². The number of β-amino-alcohol motifs (C(OH)–C–C–N with tert-alkyl or cyclic N) is 1. The summed E-state index contributed by atoms with van der Waals surface area (Å²) in [7, 11) is 3.27. The average Bonchev–Trinajstić information content (AvgIpc) is 3.78. The highest BCUT2D eigenvalue weighted by molar-refractivity contribution is 8.04. The number of thioether (sulfide) groups is 1. The van der Waals surface area contributed by atoms with Crippen LogP contribution in [0.15, 0.2) is 65.7 Å². The number of amides is 4. The van der Waals surface area contributed by atoms with E-state index in [0.29, 0.717) is 52.8 Å². The number of carbonyl (C=O) groups is 4. The Morgan fingerprint density at radius 1 is 1.04 bits per heavy atom. The van der Waals surface area contributed by atoms with Crippen LogP contribution in [0.5, 0.6) is 5.75 Å². The van der Waals surface area contributed by atoms with Gasteiger partial charge in [-0.1, -0.05) is 42.4 Å². The second kappa shape index (κ2) is 22.4. The van der Waals surface area contributed by atoms with Crippen molar-refractivity contribution in [1.29, 1.82) is 0 Å². The van der Waals surface area contributed by atoms with E-state index in [-0.39, 0.29) is 37.6 Å². The molecule has 4 heterocycles. The number of allylic oxidation sites excluding steroid dienone is 1. The molecule has 386 valence electrons. The number of piperazine rings is 1. The first-order valence-electron chi connectivity index (χ1n) is 24.7. The van der Waals surface area contributed by atoms with E-state index < -0.39 is 52.4 Å². The highest BCUT2D eigenvalue weighted by atomic mass is 35.5. The van der Waals surface area contributed by atoms with Crippen molar-refractivity contribution >= 4 is 75.8 Å². The molecule has 1 unspecified atom stereocenters. The molecule has 2 saturated heterocycles. The van der Waals surface area contributed by atoms with Crippen molar-refractivity contribution in [2.75, 3.05) is 64.1 Å². The van der Waals surface area contributed by atoms with Gasteiger partial charge < -0.3 is 40.9 Å². The van der Waals surface area contributed by atoms with Gasteiger partial charge in [-0.15, -0.1) is 23.1 Å². The normalized spacial score (nSPS) is 21.8. The number of aliphatic hydroxyl groups excluding tert-OH is 1. The summed E-state index contributed by atoms with van der Waals surface area (Å²) in [5.74, 6) is 0.0703. The number of aromatic nitrogens is 3. The van der Waals surface area contributed by atoms with Crippen LogP contribution in [0.2, 0.25) is 5.02 Å². The summed E-state index contributed by atoms with van der Waals surface area (Å²) < 4.78 is 19.9. The van der Waals surface area contributed by atoms with E-state index >= 15 is 4.39 Å². The number of hydrogen-bond acceptors (Lipinski definition) is 14. The molecule has 2 aliphatic carbocycles. The molecular weight excluding hydrogens is 979 g/mol. The largest absolute Gasteiger partial charge is 0.495 e. The van der Waals surface area contributed by atoms with Gasteiger partial charge in [0.05, 0.1) is 47.2 Å². The summed E-state index contributed by atoms with van der Waals surface area (Å²) >= 11 is 9.13. The van der Waals surface area contributed by atoms with Crippen molar-refractivity contribution in [2.24, 2.45) is 11.8 Å². The molecule has 4 aliphatic rings. The van der Waals surface area contributed by atoms with Crippen molar-refractivity contribution in [2.45, 2.75) is 107 Å². The number of likely N-dealkylation sites (tertiary alicyclic amines) is 1. The molecule has 2 saturated carbocycles. The van der Waals surface area contributed by atoms with Crippen molar-refractivity contribution in [1.82, 2.24) is 40.3 Å². The number of nitrogens with one attached hydrogen (secondary N) is 4. The standard InChI is InChI=1S/C52H66ClFN10O6S2/c1-30(34-12-14-36(15-13-34)43-31(2)57-29-71-43)58-46(66)41-25-38(65)28-64(41)48(68)44(60-49(69)52(54)18-19-52)51(4,5)72-32(3)35-10-8-33(9-11-35)27-62-20-22-63(23-21-62)47(67)37-16-17-40(42(24-37)70-7)59-50-56-26-39(53)45(55-6)61-50/h12-17,24,26,29-30,33,35,38,41,44,65H,3,8-11,18-23,25,27-28H2,1-2,4-7H3,(H,58,66)(H,60,69)(H2,55,56,59,61)/t30-,33?,35?,38+,41?,44+/m0/s1. The predicted octanol–water partition coefficient (Wildman–Crippen LogP) is 7.77. The van der Waals surface area contributed by atoms with Crippen LogP contribution in [0.1, 0.15) is 93.4 Å². The summed E-state index contributed by atoms with van der Waals surface area (Å²) in [5, 5.41) is 23.2. The molecular formula is C52H66ClFN10O6S2. The number of carbonyl (C=O) groups excluding carboxylic acids is 4. The lowest BCUT2D eigenvalue weighted by molar-refractivity contribution is -0.143. The molecule has 2 aliphatic heterocycles. The van der Waals surface area contributed by atoms with Crippen LogP contribution in [0.25, 0.3) is 10.4 Å². The molecule has 0 spiro atoms. The van der Waals surface area contributed by atoms with Crippen molar-refractivity contribution in [3.63, 3.8) is 0 Å². The molecule has 8 rings (SSSR count). The smallest absolute Gasteiger partial charge is 0.258 e. The SMILES string of the molecule is C=C(SC(C)(C)[C@H](NC(=O)C1(F)CC1)C(=O)N1C[C@H](O)CC1C(=O)N[C@@H](C)c1ccc(-c2scnc2C)cc1)C1CCC(CN2CCN(C(=O)c3ccc(Nc4ncc(Cl)c(NC)n4)c(OC)c3)CC2)CC1. The number of aliphatic hydroxyl groups is 1. The summed E-state index contributed by atoms with van der Waals surface area (Å²) in [6.07, 6.45) is 4.53. The lowest BCUT2D eigenvalue weighted by atomic mass is 9.81. The van der Waals surface area contributed by atoms with E-state index in [0.717, 1.165) is 71.9 Å². The van der Waals surface area contributed by atoms with E-state index in [9.17, 15) is 24.3 Å². The Labute approximate surface area is 434 Å². The summed E-state index contributed by atoms with van der Waals surface area (Å²) in [6, 6.07) is 10.6. The quantitative estimate of drug-likeness (QED) is 0.0650. The number of thiazole rings is 1. The molecule has 5 N–H and O–H groups in total. The van der Waals surface area contributed by atoms with Crippen molar-refractivity contribution in [3.8, 4) is 16.2 Å². The lowest BCUT2D eigenvalue weighted by Crippen LogP contribution is -2.61. The number of nitrogens with zero attached hydrogens (tertiary/aromatic N) is 6. The molecule has 0 bridgehead atoms. The Hall–Kier alpha value is -5.34. The Balaban J connectivity index is 0.832. The van der Waals surface area contributed by atoms with Crippen LogP contribution >= 0.6 is 34.7 Å². The molecule has 4 fully saturated rings. The number of aryl methyl sites for hydroxylation is 1. The summed E-state index contributed by atoms with van der Waals surface area (Å²) in [4.78, 5) is 76.3. The summed E-state index contributed by atoms with van der Waals surface area (Å²) in [6.45, 7) is 15.6. The van der Waals surface area contributed by atoms with E-state index in [1.807, 2.05) is 62.4 Å². The van der Waals surface area contributed by atoms with E-state index in [1.165, 1.54) is 22.9 Å². The maximum absolute atomic E-state index is 15.3. The Morgan fingerprint density at radius 2 is 1.75 bits per heavy atom. The third kappa shape index (κ3) is 12.2. The zero-order valence-electron chi connectivity index (χ0n) is 41.8. The maximum Gasteiger partial charge on any atom is 0.258 e. The molecule has 4 aromatic rings. The van der Waals surface area contributed by atoms with Crippen LogP contribution in [0.4, 0.5) is 21.8 Å². The molecule has 16 nitrogen and oxygen atoms in total. The number of rotatable bonds is 18. The molecule has 2 aromatic carbocycles. The van der Waals surface area contributed by atoms with Gasteiger partial charge >= 0.3 is 0 Å². The van der Waals surface area contributed by atoms with Gasteiger partial charge in [-0.3, -0.25) is 24.1 Å². The topological polar surface area (TPSA) is 194 Å². The van der Waals surface area contributed by atoms with Crippen LogP contribution in [-0.2, 0) is 14.4 Å². The third-order valence-electron chi connectivity index (χ3n) is 14.5.